The Kier molecular flexibility index (Phi) is 12.3. The molecular weight excluding hydrogens is 953 g/mol. The lowest BCUT2D eigenvalue weighted by Crippen LogP contribution is -2.20. The molecule has 0 fully saturated rings. The Morgan fingerprint density at radius 2 is 0.646 bits per heavy atom. The third-order valence-corrected chi connectivity index (χ3v) is 17.2. The van der Waals surface area contributed by atoms with E-state index in [1.165, 1.54) is 88.3 Å². The van der Waals surface area contributed by atoms with Crippen LogP contribution in [0.2, 0.25) is 0 Å². The van der Waals surface area contributed by atoms with Crippen LogP contribution in [-0.4, -0.2) is 0 Å². The zero-order chi connectivity index (χ0) is 53.9. The number of rotatable bonds is 12. The fourth-order valence-corrected chi connectivity index (χ4v) is 12.4. The molecule has 12 aromatic carbocycles. The molecule has 382 valence electrons. The molecule has 2 nitrogen and oxygen atoms in total. The van der Waals surface area contributed by atoms with Crippen molar-refractivity contribution in [2.24, 2.45) is 0 Å². The molecule has 13 rings (SSSR count). The van der Waals surface area contributed by atoms with Crippen molar-refractivity contribution < 1.29 is 0 Å². The average Bonchev–Trinajstić information content (AvgIpc) is 4.03. The molecule has 1 aliphatic rings. The van der Waals surface area contributed by atoms with E-state index >= 15 is 0 Å². The van der Waals surface area contributed by atoms with Gasteiger partial charge in [-0.25, -0.2) is 0 Å². The lowest BCUT2D eigenvalue weighted by molar-refractivity contribution is 0.642. The highest BCUT2D eigenvalue weighted by molar-refractivity contribution is 5.98. The normalized spacial score (nSPS) is 12.8. The van der Waals surface area contributed by atoms with Crippen LogP contribution in [0.25, 0.3) is 54.9 Å². The van der Waals surface area contributed by atoms with Gasteiger partial charge < -0.3 is 9.80 Å². The molecule has 0 bridgehead atoms. The maximum Gasteiger partial charge on any atom is 0.0564 e. The maximum atomic E-state index is 2.51. The molecule has 0 radical (unpaired) electrons. The summed E-state index contributed by atoms with van der Waals surface area (Å²) in [4.78, 5) is 4.98. The zero-order valence-corrected chi connectivity index (χ0v) is 46.0. The highest BCUT2D eigenvalue weighted by Crippen LogP contribution is 2.57. The van der Waals surface area contributed by atoms with Gasteiger partial charge in [0.1, 0.15) is 0 Å². The largest absolute Gasteiger partial charge is 0.310 e. The molecule has 0 heterocycles. The Labute approximate surface area is 466 Å². The SMILES string of the molecule is CC(C)(c1ccc(N(c2ccc(-c3ccccc3)cc2)c2cc(N(c3ccc(-c4ccccc4)cc3)c3ccc(C(C)(C)c4ccc5ccccc5c4)cc3)c3c(c2)C(C)(C)c2ccccc2-3)cc1)c1ccc2ccccc2c1. The van der Waals surface area contributed by atoms with E-state index in [1.807, 2.05) is 0 Å². The van der Waals surface area contributed by atoms with Crippen molar-refractivity contribution in [2.75, 3.05) is 9.80 Å². The Morgan fingerprint density at radius 3 is 1.11 bits per heavy atom. The minimum Gasteiger partial charge on any atom is -0.310 e. The first-order valence-electron chi connectivity index (χ1n) is 27.8. The number of hydrogen-bond donors (Lipinski definition) is 0. The quantitative estimate of drug-likeness (QED) is 0.120. The Bertz CT molecular complexity index is 4170. The van der Waals surface area contributed by atoms with Crippen LogP contribution >= 0.6 is 0 Å². The standard InChI is InChI=1S/C77H64N2/c1-75(2,63-35-29-55-23-13-15-25-59(55)49-63)61-37-45-66(46-38-61)78(65-41-31-57(32-42-65)53-19-9-7-10-20-53)69-51-72-74(70-27-17-18-28-71(70)77(72,5)6)73(52-69)79(67-43-33-58(34-44-67)54-21-11-8-12-22-54)68-47-39-62(40-48-68)76(3,4)64-36-30-56-24-14-16-26-60(56)50-64/h7-52H,1-6H3. The molecule has 79 heavy (non-hydrogen) atoms. The fourth-order valence-electron chi connectivity index (χ4n) is 12.4. The summed E-state index contributed by atoms with van der Waals surface area (Å²) in [5.41, 5.74) is 20.8. The Hall–Kier alpha value is -9.24. The van der Waals surface area contributed by atoms with Gasteiger partial charge in [-0.1, -0.05) is 260 Å². The maximum absolute atomic E-state index is 2.51. The zero-order valence-electron chi connectivity index (χ0n) is 46.0. The summed E-state index contributed by atoms with van der Waals surface area (Å²) >= 11 is 0. The van der Waals surface area contributed by atoms with E-state index in [0.29, 0.717) is 0 Å². The molecule has 1 aliphatic carbocycles. The molecule has 0 N–H and O–H groups in total. The molecule has 0 unspecified atom stereocenters. The lowest BCUT2D eigenvalue weighted by atomic mass is 9.77. The van der Waals surface area contributed by atoms with E-state index in [4.69, 9.17) is 0 Å². The molecule has 12 aromatic rings. The summed E-state index contributed by atoms with van der Waals surface area (Å²) in [5.74, 6) is 0. The number of hydrogen-bond acceptors (Lipinski definition) is 2. The van der Waals surface area contributed by atoms with E-state index < -0.39 is 0 Å². The molecule has 0 saturated carbocycles. The van der Waals surface area contributed by atoms with Crippen molar-refractivity contribution in [1.29, 1.82) is 0 Å². The van der Waals surface area contributed by atoms with Crippen LogP contribution in [0.3, 0.4) is 0 Å². The monoisotopic (exact) mass is 1020 g/mol. The van der Waals surface area contributed by atoms with Gasteiger partial charge in [-0.05, 0) is 143 Å². The lowest BCUT2D eigenvalue weighted by Gasteiger charge is -2.34. The number of anilines is 6. The summed E-state index contributed by atoms with van der Waals surface area (Å²) in [5, 5.41) is 5.03. The minimum absolute atomic E-state index is 0.238. The van der Waals surface area contributed by atoms with Crippen molar-refractivity contribution >= 4 is 55.7 Å². The van der Waals surface area contributed by atoms with Crippen molar-refractivity contribution in [3.63, 3.8) is 0 Å². The van der Waals surface area contributed by atoms with Crippen molar-refractivity contribution in [1.82, 2.24) is 0 Å². The van der Waals surface area contributed by atoms with Gasteiger partial charge in [0.25, 0.3) is 0 Å². The van der Waals surface area contributed by atoms with Gasteiger partial charge in [-0.3, -0.25) is 0 Å². The van der Waals surface area contributed by atoms with E-state index in [0.717, 1.165) is 34.1 Å². The van der Waals surface area contributed by atoms with Crippen LogP contribution in [0.1, 0.15) is 74.9 Å². The predicted octanol–water partition coefficient (Wildman–Crippen LogP) is 21.2. The number of nitrogens with zero attached hydrogens (tertiary/aromatic N) is 2. The summed E-state index contributed by atoms with van der Waals surface area (Å²) in [6.45, 7) is 14.2. The first kappa shape index (κ1) is 49.3. The molecule has 0 spiro atoms. The molecule has 0 saturated heterocycles. The van der Waals surface area contributed by atoms with Crippen LogP contribution in [0.4, 0.5) is 34.1 Å². The van der Waals surface area contributed by atoms with Gasteiger partial charge in [0.05, 0.1) is 5.69 Å². The second-order valence-electron chi connectivity index (χ2n) is 23.0. The van der Waals surface area contributed by atoms with E-state index in [-0.39, 0.29) is 16.2 Å². The predicted molar refractivity (Wildman–Crippen MR) is 336 cm³/mol. The molecule has 0 atom stereocenters. The second-order valence-corrected chi connectivity index (χ2v) is 23.0. The highest BCUT2D eigenvalue weighted by atomic mass is 15.2. The van der Waals surface area contributed by atoms with E-state index in [2.05, 4.69) is 330 Å². The Balaban J connectivity index is 1.00. The average molecular weight is 1020 g/mol. The van der Waals surface area contributed by atoms with Gasteiger partial charge in [-0.15, -0.1) is 0 Å². The van der Waals surface area contributed by atoms with Gasteiger partial charge in [0, 0.05) is 50.2 Å². The summed E-state index contributed by atoms with van der Waals surface area (Å²) in [6, 6.07) is 103. The molecule has 0 amide bonds. The van der Waals surface area contributed by atoms with Gasteiger partial charge in [-0.2, -0.15) is 0 Å². The first-order chi connectivity index (χ1) is 38.4. The number of benzene rings is 12. The molecule has 0 aromatic heterocycles. The summed E-state index contributed by atoms with van der Waals surface area (Å²) in [6.07, 6.45) is 0. The molecule has 0 aliphatic heterocycles. The van der Waals surface area contributed by atoms with Crippen LogP contribution in [0, 0.1) is 0 Å². The fraction of sp³-hybridized carbons (Fsp3) is 0.117. The van der Waals surface area contributed by atoms with Crippen LogP contribution in [0.5, 0.6) is 0 Å². The third-order valence-electron chi connectivity index (χ3n) is 17.2. The number of fused-ring (bicyclic) bond motifs is 5. The van der Waals surface area contributed by atoms with Gasteiger partial charge >= 0.3 is 0 Å². The molecule has 2 heteroatoms. The van der Waals surface area contributed by atoms with E-state index in [9.17, 15) is 0 Å². The van der Waals surface area contributed by atoms with E-state index in [1.54, 1.807) is 0 Å². The minimum atomic E-state index is -0.302. The second kappa shape index (κ2) is 19.6. The van der Waals surface area contributed by atoms with Crippen LogP contribution in [0.15, 0.2) is 279 Å². The van der Waals surface area contributed by atoms with Gasteiger partial charge in [0.2, 0.25) is 0 Å². The van der Waals surface area contributed by atoms with Crippen molar-refractivity contribution in [2.45, 2.75) is 57.8 Å². The Morgan fingerprint density at radius 1 is 0.278 bits per heavy atom. The van der Waals surface area contributed by atoms with Crippen molar-refractivity contribution in [3.05, 3.63) is 312 Å². The topological polar surface area (TPSA) is 6.48 Å². The third kappa shape index (κ3) is 8.88. The smallest absolute Gasteiger partial charge is 0.0564 e. The van der Waals surface area contributed by atoms with Crippen LogP contribution in [-0.2, 0) is 16.2 Å². The summed E-state index contributed by atoms with van der Waals surface area (Å²) in [7, 11) is 0. The molecular formula is C77H64N2. The van der Waals surface area contributed by atoms with Crippen molar-refractivity contribution in [3.8, 4) is 33.4 Å². The summed E-state index contributed by atoms with van der Waals surface area (Å²) < 4.78 is 0. The highest BCUT2D eigenvalue weighted by Gasteiger charge is 2.39. The van der Waals surface area contributed by atoms with Crippen LogP contribution < -0.4 is 9.80 Å². The van der Waals surface area contributed by atoms with Gasteiger partial charge in [0.15, 0.2) is 0 Å². The first-order valence-corrected chi connectivity index (χ1v) is 27.8.